The van der Waals surface area contributed by atoms with Crippen LogP contribution in [0, 0.1) is 28.4 Å². The first kappa shape index (κ1) is 19.4. The maximum Gasteiger partial charge on any atom is 0.169 e. The van der Waals surface area contributed by atoms with E-state index in [9.17, 15) is 13.6 Å². The number of fused-ring (bicyclic) bond motifs is 2. The number of ketones is 1. The summed E-state index contributed by atoms with van der Waals surface area (Å²) in [5, 5.41) is 1.60. The number of halogens is 2. The molecule has 5 heteroatoms. The zero-order chi connectivity index (χ0) is 21.0. The Balaban J connectivity index is 0.000000171. The van der Waals surface area contributed by atoms with Gasteiger partial charge in [-0.3, -0.25) is 4.79 Å². The fraction of sp³-hybridized carbons (Fsp3) is 0.292. The topological polar surface area (TPSA) is 48.6 Å². The minimum Gasteiger partial charge on any atom is -0.361 e. The lowest BCUT2D eigenvalue weighted by atomic mass is 10.0. The molecule has 2 N–H and O–H groups in total. The molecule has 2 heterocycles. The van der Waals surface area contributed by atoms with Crippen LogP contribution in [-0.4, -0.2) is 15.8 Å². The van der Waals surface area contributed by atoms with Crippen LogP contribution in [0.25, 0.3) is 21.8 Å². The number of H-pyrrole nitrogens is 2. The number of aromatic amines is 2. The fourth-order valence-electron chi connectivity index (χ4n) is 4.33. The molecule has 0 radical (unpaired) electrons. The van der Waals surface area contributed by atoms with Crippen LogP contribution in [-0.2, 0) is 0 Å². The Labute approximate surface area is 168 Å². The van der Waals surface area contributed by atoms with Gasteiger partial charge in [0.1, 0.15) is 11.6 Å². The third kappa shape index (κ3) is 3.15. The first-order valence-corrected chi connectivity index (χ1v) is 9.66. The lowest BCUT2D eigenvalue weighted by Crippen LogP contribution is -2.06. The summed E-state index contributed by atoms with van der Waals surface area (Å²) in [6.45, 7) is 8.46. The molecule has 0 bridgehead atoms. The molecule has 1 aliphatic rings. The summed E-state index contributed by atoms with van der Waals surface area (Å²) in [7, 11) is 0. The van der Waals surface area contributed by atoms with Crippen molar-refractivity contribution < 1.29 is 13.6 Å². The normalized spacial score (nSPS) is 17.2. The van der Waals surface area contributed by atoms with Crippen molar-refractivity contribution in [3.05, 3.63) is 72.1 Å². The molecule has 4 aromatic rings. The van der Waals surface area contributed by atoms with Gasteiger partial charge in [0.05, 0.1) is 0 Å². The molecular weight excluding hydrogens is 370 g/mol. The van der Waals surface area contributed by atoms with E-state index in [1.165, 1.54) is 24.3 Å². The Morgan fingerprint density at radius 2 is 1.48 bits per heavy atom. The van der Waals surface area contributed by atoms with Crippen molar-refractivity contribution in [2.45, 2.75) is 27.7 Å². The SMILES string of the molecule is CC1(C)C(C(=O)c2c[nH]c3ccc(F)cc23)C1(C)C.Fc1ccc2[nH]ccc2c1. The van der Waals surface area contributed by atoms with Gasteiger partial charge in [-0.2, -0.15) is 0 Å². The Bertz CT molecular complexity index is 1200. The average Bonchev–Trinajstić information content (AvgIpc) is 3.09. The van der Waals surface area contributed by atoms with Gasteiger partial charge < -0.3 is 9.97 Å². The van der Waals surface area contributed by atoms with Gasteiger partial charge in [-0.05, 0) is 53.3 Å². The Kier molecular flexibility index (Phi) is 4.37. The average molecular weight is 394 g/mol. The predicted octanol–water partition coefficient (Wildman–Crippen LogP) is 6.48. The second kappa shape index (κ2) is 6.55. The summed E-state index contributed by atoms with van der Waals surface area (Å²) < 4.78 is 25.9. The predicted molar refractivity (Wildman–Crippen MR) is 112 cm³/mol. The highest BCUT2D eigenvalue weighted by atomic mass is 19.1. The van der Waals surface area contributed by atoms with Crippen molar-refractivity contribution in [2.75, 3.05) is 0 Å². The molecule has 0 saturated heterocycles. The van der Waals surface area contributed by atoms with Gasteiger partial charge in [-0.25, -0.2) is 8.78 Å². The Morgan fingerprint density at radius 1 is 0.862 bits per heavy atom. The van der Waals surface area contributed by atoms with Crippen LogP contribution in [0.15, 0.2) is 54.9 Å². The van der Waals surface area contributed by atoms with E-state index in [0.29, 0.717) is 10.9 Å². The summed E-state index contributed by atoms with van der Waals surface area (Å²) in [6, 6.07) is 11.0. The Hall–Kier alpha value is -2.95. The summed E-state index contributed by atoms with van der Waals surface area (Å²) in [6.07, 6.45) is 3.50. The highest BCUT2D eigenvalue weighted by molar-refractivity contribution is 6.10. The van der Waals surface area contributed by atoms with Crippen LogP contribution in [0.3, 0.4) is 0 Å². The minimum absolute atomic E-state index is 0.000994. The number of aromatic nitrogens is 2. The second-order valence-electron chi connectivity index (χ2n) is 8.84. The molecule has 0 spiro atoms. The van der Waals surface area contributed by atoms with Gasteiger partial charge >= 0.3 is 0 Å². The second-order valence-corrected chi connectivity index (χ2v) is 8.84. The minimum atomic E-state index is -0.310. The van der Waals surface area contributed by atoms with E-state index in [4.69, 9.17) is 0 Å². The number of hydrogen-bond acceptors (Lipinski definition) is 1. The monoisotopic (exact) mass is 394 g/mol. The Morgan fingerprint density at radius 3 is 2.14 bits per heavy atom. The molecule has 150 valence electrons. The van der Waals surface area contributed by atoms with Crippen molar-refractivity contribution in [3.63, 3.8) is 0 Å². The van der Waals surface area contributed by atoms with Crippen molar-refractivity contribution in [1.29, 1.82) is 0 Å². The van der Waals surface area contributed by atoms with Crippen molar-refractivity contribution in [1.82, 2.24) is 9.97 Å². The lowest BCUT2D eigenvalue weighted by Gasteiger charge is -2.03. The van der Waals surface area contributed by atoms with Crippen molar-refractivity contribution >= 4 is 27.6 Å². The molecule has 2 aromatic heterocycles. The van der Waals surface area contributed by atoms with Gasteiger partial charge in [-0.1, -0.05) is 27.7 Å². The molecule has 29 heavy (non-hydrogen) atoms. The summed E-state index contributed by atoms with van der Waals surface area (Å²) in [5.41, 5.74) is 2.39. The highest BCUT2D eigenvalue weighted by Crippen LogP contribution is 2.69. The molecule has 0 unspecified atom stereocenters. The van der Waals surface area contributed by atoms with Crippen LogP contribution in [0.4, 0.5) is 8.78 Å². The van der Waals surface area contributed by atoms with Crippen LogP contribution in [0.5, 0.6) is 0 Å². The molecule has 2 aromatic carbocycles. The van der Waals surface area contributed by atoms with Crippen LogP contribution in [0.2, 0.25) is 0 Å². The number of carbonyl (C=O) groups is 1. The van der Waals surface area contributed by atoms with Crippen LogP contribution >= 0.6 is 0 Å². The van der Waals surface area contributed by atoms with Crippen molar-refractivity contribution in [3.8, 4) is 0 Å². The molecule has 0 aliphatic heterocycles. The van der Waals surface area contributed by atoms with Gasteiger partial charge in [0.15, 0.2) is 5.78 Å². The number of benzene rings is 2. The van der Waals surface area contributed by atoms with E-state index in [2.05, 4.69) is 37.7 Å². The summed E-state index contributed by atoms with van der Waals surface area (Å²) >= 11 is 0. The highest BCUT2D eigenvalue weighted by Gasteiger charge is 2.68. The molecular formula is C24H24F2N2O. The van der Waals surface area contributed by atoms with E-state index in [-0.39, 0.29) is 34.2 Å². The summed E-state index contributed by atoms with van der Waals surface area (Å²) in [5.74, 6) is -0.378. The van der Waals surface area contributed by atoms with Gasteiger partial charge in [0.25, 0.3) is 0 Å². The molecule has 1 aliphatic carbocycles. The van der Waals surface area contributed by atoms with E-state index in [1.807, 2.05) is 6.07 Å². The number of carbonyl (C=O) groups excluding carboxylic acids is 1. The zero-order valence-corrected chi connectivity index (χ0v) is 16.9. The molecule has 1 saturated carbocycles. The number of hydrogen-bond donors (Lipinski definition) is 2. The van der Waals surface area contributed by atoms with E-state index < -0.39 is 0 Å². The maximum absolute atomic E-state index is 13.4. The first-order valence-electron chi connectivity index (χ1n) is 9.66. The molecule has 5 rings (SSSR count). The lowest BCUT2D eigenvalue weighted by molar-refractivity contribution is 0.0947. The largest absolute Gasteiger partial charge is 0.361 e. The number of Topliss-reactive ketones (excluding diaryl/α,β-unsaturated/α-hetero) is 1. The van der Waals surface area contributed by atoms with Gasteiger partial charge in [-0.15, -0.1) is 0 Å². The van der Waals surface area contributed by atoms with Crippen LogP contribution < -0.4 is 0 Å². The standard InChI is InChI=1S/C16H18FNO.C8H6FN/c1-15(2)14(16(15,3)4)13(19)11-8-18-12-6-5-9(17)7-10(11)12;9-7-1-2-8-6(5-7)3-4-10-8/h5-8,14,18H,1-4H3;1-5,10H. The first-order chi connectivity index (χ1) is 13.6. The molecule has 0 atom stereocenters. The van der Waals surface area contributed by atoms with E-state index in [1.54, 1.807) is 24.5 Å². The molecule has 1 fully saturated rings. The number of nitrogens with one attached hydrogen (secondary N) is 2. The van der Waals surface area contributed by atoms with E-state index in [0.717, 1.165) is 16.4 Å². The number of rotatable bonds is 2. The van der Waals surface area contributed by atoms with Gasteiger partial charge in [0, 0.05) is 45.7 Å². The summed E-state index contributed by atoms with van der Waals surface area (Å²) in [4.78, 5) is 18.7. The third-order valence-electron chi connectivity index (χ3n) is 6.71. The smallest absolute Gasteiger partial charge is 0.169 e. The van der Waals surface area contributed by atoms with Gasteiger partial charge in [0.2, 0.25) is 0 Å². The molecule has 3 nitrogen and oxygen atoms in total. The molecule has 0 amide bonds. The fourth-order valence-corrected chi connectivity index (χ4v) is 4.33. The third-order valence-corrected chi connectivity index (χ3v) is 6.71. The quantitative estimate of drug-likeness (QED) is 0.376. The zero-order valence-electron chi connectivity index (χ0n) is 16.9. The van der Waals surface area contributed by atoms with Crippen molar-refractivity contribution in [2.24, 2.45) is 16.7 Å². The van der Waals surface area contributed by atoms with E-state index >= 15 is 0 Å². The van der Waals surface area contributed by atoms with Crippen LogP contribution in [0.1, 0.15) is 38.1 Å². The maximum atomic E-state index is 13.4.